The van der Waals surface area contributed by atoms with Crippen molar-refractivity contribution in [1.29, 1.82) is 0 Å². The summed E-state index contributed by atoms with van der Waals surface area (Å²) in [7, 11) is 1.58. The van der Waals surface area contributed by atoms with Crippen LogP contribution in [-0.2, 0) is 19.9 Å². The van der Waals surface area contributed by atoms with Crippen LogP contribution in [0.5, 0.6) is 0 Å². The summed E-state index contributed by atoms with van der Waals surface area (Å²) in [5.74, 6) is 0.0874. The molecule has 1 heterocycles. The molecule has 0 spiro atoms. The smallest absolute Gasteiger partial charge is 0.392 e. The van der Waals surface area contributed by atoms with Crippen molar-refractivity contribution in [2.45, 2.75) is 12.8 Å². The van der Waals surface area contributed by atoms with Crippen LogP contribution in [0.2, 0.25) is 0 Å². The van der Waals surface area contributed by atoms with Gasteiger partial charge in [0.25, 0.3) is 0 Å². The maximum atomic E-state index is 11.0. The van der Waals surface area contributed by atoms with Gasteiger partial charge >= 0.3 is 5.76 Å². The summed E-state index contributed by atoms with van der Waals surface area (Å²) in [4.78, 5) is 11.0. The standard InChI is InChI=1S/C11H12N2O2/c1-13-11(14)15-10(12-13)8-7-9-5-3-2-4-6-9/h2-6H,7-8H2,1H3. The Kier molecular flexibility index (Phi) is 2.67. The molecule has 0 aliphatic heterocycles. The minimum Gasteiger partial charge on any atom is -0.392 e. The quantitative estimate of drug-likeness (QED) is 0.753. The average Bonchev–Trinajstić information content (AvgIpc) is 2.57. The van der Waals surface area contributed by atoms with E-state index < -0.39 is 5.76 Å². The molecule has 2 aromatic rings. The van der Waals surface area contributed by atoms with E-state index >= 15 is 0 Å². The second-order valence-corrected chi connectivity index (χ2v) is 3.37. The van der Waals surface area contributed by atoms with Gasteiger partial charge in [-0.05, 0) is 12.0 Å². The van der Waals surface area contributed by atoms with E-state index in [1.807, 2.05) is 30.3 Å². The SMILES string of the molecule is Cn1nc(CCc2ccccc2)oc1=O. The summed E-state index contributed by atoms with van der Waals surface area (Å²) < 4.78 is 6.14. The second-order valence-electron chi connectivity index (χ2n) is 3.37. The molecule has 0 saturated heterocycles. The van der Waals surface area contributed by atoms with Crippen LogP contribution in [0.25, 0.3) is 0 Å². The number of hydrogen-bond acceptors (Lipinski definition) is 3. The van der Waals surface area contributed by atoms with Crippen LogP contribution < -0.4 is 5.76 Å². The zero-order valence-corrected chi connectivity index (χ0v) is 8.51. The molecule has 0 unspecified atom stereocenters. The monoisotopic (exact) mass is 204 g/mol. The van der Waals surface area contributed by atoms with E-state index in [1.54, 1.807) is 7.05 Å². The van der Waals surface area contributed by atoms with Crippen molar-refractivity contribution in [3.05, 3.63) is 52.3 Å². The first kappa shape index (κ1) is 9.71. The molecule has 1 aromatic carbocycles. The van der Waals surface area contributed by atoms with Crippen molar-refractivity contribution in [3.63, 3.8) is 0 Å². The van der Waals surface area contributed by atoms with Crippen molar-refractivity contribution in [1.82, 2.24) is 9.78 Å². The molecule has 0 saturated carbocycles. The summed E-state index contributed by atoms with van der Waals surface area (Å²) >= 11 is 0. The number of aromatic nitrogens is 2. The fraction of sp³-hybridized carbons (Fsp3) is 0.273. The second kappa shape index (κ2) is 4.13. The van der Waals surface area contributed by atoms with Gasteiger partial charge in [-0.15, -0.1) is 5.10 Å². The number of aryl methyl sites for hydroxylation is 3. The molecule has 0 N–H and O–H groups in total. The van der Waals surface area contributed by atoms with E-state index in [2.05, 4.69) is 5.10 Å². The van der Waals surface area contributed by atoms with E-state index in [4.69, 9.17) is 4.42 Å². The average molecular weight is 204 g/mol. The molecule has 78 valence electrons. The van der Waals surface area contributed by atoms with Gasteiger partial charge in [0, 0.05) is 13.5 Å². The first-order valence-corrected chi connectivity index (χ1v) is 4.82. The lowest BCUT2D eigenvalue weighted by molar-refractivity contribution is 0.453. The molecular weight excluding hydrogens is 192 g/mol. The van der Waals surface area contributed by atoms with Crippen molar-refractivity contribution in [3.8, 4) is 0 Å². The molecule has 0 aliphatic carbocycles. The fourth-order valence-corrected chi connectivity index (χ4v) is 1.39. The van der Waals surface area contributed by atoms with Gasteiger partial charge < -0.3 is 4.42 Å². The lowest BCUT2D eigenvalue weighted by Crippen LogP contribution is -2.09. The topological polar surface area (TPSA) is 48.0 Å². The predicted molar refractivity (Wildman–Crippen MR) is 55.6 cm³/mol. The zero-order valence-electron chi connectivity index (χ0n) is 8.51. The molecule has 4 heteroatoms. The van der Waals surface area contributed by atoms with Crippen LogP contribution in [0.3, 0.4) is 0 Å². The summed E-state index contributed by atoms with van der Waals surface area (Å²) in [5, 5.41) is 3.96. The van der Waals surface area contributed by atoms with Crippen molar-refractivity contribution in [2.24, 2.45) is 7.05 Å². The van der Waals surface area contributed by atoms with Gasteiger partial charge in [0.1, 0.15) is 0 Å². The predicted octanol–water partition coefficient (Wildman–Crippen LogP) is 1.16. The normalized spacial score (nSPS) is 10.5. The maximum Gasteiger partial charge on any atom is 0.436 e. The first-order chi connectivity index (χ1) is 7.25. The van der Waals surface area contributed by atoms with Gasteiger partial charge in [0.05, 0.1) is 0 Å². The molecule has 0 aliphatic rings. The molecular formula is C11H12N2O2. The molecule has 0 amide bonds. The Hall–Kier alpha value is -1.84. The molecule has 0 bridgehead atoms. The summed E-state index contributed by atoms with van der Waals surface area (Å²) in [6, 6.07) is 10.0. The third-order valence-electron chi connectivity index (χ3n) is 2.20. The van der Waals surface area contributed by atoms with Crippen LogP contribution in [-0.4, -0.2) is 9.78 Å². The van der Waals surface area contributed by atoms with E-state index in [9.17, 15) is 4.79 Å². The molecule has 4 nitrogen and oxygen atoms in total. The third-order valence-corrected chi connectivity index (χ3v) is 2.20. The molecule has 2 rings (SSSR count). The lowest BCUT2D eigenvalue weighted by atomic mass is 10.1. The maximum absolute atomic E-state index is 11.0. The van der Waals surface area contributed by atoms with E-state index in [-0.39, 0.29) is 0 Å². The Labute approximate surface area is 87.2 Å². The highest BCUT2D eigenvalue weighted by molar-refractivity contribution is 5.15. The highest BCUT2D eigenvalue weighted by atomic mass is 16.4. The molecule has 0 fully saturated rings. The van der Waals surface area contributed by atoms with Gasteiger partial charge in [0.15, 0.2) is 0 Å². The Bertz CT molecular complexity index is 485. The fourth-order valence-electron chi connectivity index (χ4n) is 1.39. The minimum absolute atomic E-state index is 0.405. The molecule has 0 atom stereocenters. The van der Waals surface area contributed by atoms with E-state index in [1.165, 1.54) is 10.2 Å². The van der Waals surface area contributed by atoms with Gasteiger partial charge in [-0.1, -0.05) is 30.3 Å². The number of rotatable bonds is 3. The number of benzene rings is 1. The summed E-state index contributed by atoms with van der Waals surface area (Å²) in [6.45, 7) is 0. The van der Waals surface area contributed by atoms with E-state index in [0.717, 1.165) is 6.42 Å². The number of hydrogen-bond donors (Lipinski definition) is 0. The third kappa shape index (κ3) is 2.34. The van der Waals surface area contributed by atoms with Crippen molar-refractivity contribution < 1.29 is 4.42 Å². The van der Waals surface area contributed by atoms with Crippen LogP contribution in [0.1, 0.15) is 11.5 Å². The Morgan fingerprint density at radius 1 is 1.27 bits per heavy atom. The summed E-state index contributed by atoms with van der Waals surface area (Å²) in [6.07, 6.45) is 1.49. The van der Waals surface area contributed by atoms with E-state index in [0.29, 0.717) is 12.3 Å². The van der Waals surface area contributed by atoms with Gasteiger partial charge in [0.2, 0.25) is 5.89 Å². The Morgan fingerprint density at radius 3 is 2.60 bits per heavy atom. The van der Waals surface area contributed by atoms with Crippen molar-refractivity contribution >= 4 is 0 Å². The Morgan fingerprint density at radius 2 is 2.00 bits per heavy atom. The largest absolute Gasteiger partial charge is 0.436 e. The van der Waals surface area contributed by atoms with Gasteiger partial charge in [-0.3, -0.25) is 0 Å². The van der Waals surface area contributed by atoms with Crippen LogP contribution in [0, 0.1) is 0 Å². The highest BCUT2D eigenvalue weighted by Gasteiger charge is 2.04. The molecule has 15 heavy (non-hydrogen) atoms. The molecule has 1 aromatic heterocycles. The van der Waals surface area contributed by atoms with Crippen molar-refractivity contribution in [2.75, 3.05) is 0 Å². The Balaban J connectivity index is 2.02. The molecule has 0 radical (unpaired) electrons. The minimum atomic E-state index is -0.405. The first-order valence-electron chi connectivity index (χ1n) is 4.82. The summed E-state index contributed by atoms with van der Waals surface area (Å²) in [5.41, 5.74) is 1.21. The van der Waals surface area contributed by atoms with Gasteiger partial charge in [-0.25, -0.2) is 4.79 Å². The van der Waals surface area contributed by atoms with Crippen LogP contribution >= 0.6 is 0 Å². The highest BCUT2D eigenvalue weighted by Crippen LogP contribution is 2.03. The number of nitrogens with zero attached hydrogens (tertiary/aromatic N) is 2. The zero-order chi connectivity index (χ0) is 10.7. The van der Waals surface area contributed by atoms with Crippen LogP contribution in [0.15, 0.2) is 39.5 Å². The lowest BCUT2D eigenvalue weighted by Gasteiger charge is -1.96. The van der Waals surface area contributed by atoms with Gasteiger partial charge in [-0.2, -0.15) is 4.68 Å². The van der Waals surface area contributed by atoms with Crippen LogP contribution in [0.4, 0.5) is 0 Å².